The van der Waals surface area contributed by atoms with Gasteiger partial charge in [-0.15, -0.1) is 0 Å². The second-order valence-electron chi connectivity index (χ2n) is 4.25. The van der Waals surface area contributed by atoms with Crippen LogP contribution in [0.3, 0.4) is 0 Å². The maximum atomic E-state index is 12.0. The first-order valence-electron chi connectivity index (χ1n) is 5.95. The Morgan fingerprint density at radius 2 is 2.41 bits per heavy atom. The van der Waals surface area contributed by atoms with E-state index in [0.717, 1.165) is 25.9 Å². The van der Waals surface area contributed by atoms with E-state index in [4.69, 9.17) is 4.74 Å². The molecule has 0 bridgehead atoms. The second-order valence-corrected chi connectivity index (χ2v) is 4.25. The van der Waals surface area contributed by atoms with Gasteiger partial charge in [-0.1, -0.05) is 6.07 Å². The molecule has 1 aliphatic heterocycles. The van der Waals surface area contributed by atoms with Crippen molar-refractivity contribution < 1.29 is 9.53 Å². The van der Waals surface area contributed by atoms with E-state index in [1.807, 2.05) is 12.1 Å². The summed E-state index contributed by atoms with van der Waals surface area (Å²) >= 11 is 0. The molecule has 1 aromatic carbocycles. The molecule has 92 valence electrons. The first-order valence-corrected chi connectivity index (χ1v) is 5.95. The zero-order valence-electron chi connectivity index (χ0n) is 10.0. The van der Waals surface area contributed by atoms with E-state index >= 15 is 0 Å². The Balaban J connectivity index is 1.98. The summed E-state index contributed by atoms with van der Waals surface area (Å²) in [6.45, 7) is 1.90. The minimum atomic E-state index is -0.0300. The molecule has 0 spiro atoms. The summed E-state index contributed by atoms with van der Waals surface area (Å²) in [5.74, 6) is 0.678. The maximum absolute atomic E-state index is 12.0. The molecule has 4 heteroatoms. The average Bonchev–Trinajstić information content (AvgIpc) is 2.40. The molecule has 1 saturated heterocycles. The zero-order valence-corrected chi connectivity index (χ0v) is 10.0. The highest BCUT2D eigenvalue weighted by Crippen LogP contribution is 2.13. The van der Waals surface area contributed by atoms with E-state index in [-0.39, 0.29) is 11.9 Å². The first kappa shape index (κ1) is 11.9. The van der Waals surface area contributed by atoms with Gasteiger partial charge in [0.05, 0.1) is 7.11 Å². The van der Waals surface area contributed by atoms with Crippen LogP contribution in [0.4, 0.5) is 0 Å². The van der Waals surface area contributed by atoms with E-state index < -0.39 is 0 Å². The van der Waals surface area contributed by atoms with Gasteiger partial charge in [0, 0.05) is 18.2 Å². The predicted molar refractivity (Wildman–Crippen MR) is 66.4 cm³/mol. The highest BCUT2D eigenvalue weighted by atomic mass is 16.5. The molecule has 0 aromatic heterocycles. The summed E-state index contributed by atoms with van der Waals surface area (Å²) in [4.78, 5) is 12.0. The molecule has 0 radical (unpaired) electrons. The average molecular weight is 234 g/mol. The zero-order chi connectivity index (χ0) is 12.1. The molecule has 1 aliphatic rings. The summed E-state index contributed by atoms with van der Waals surface area (Å²) in [6.07, 6.45) is 2.16. The van der Waals surface area contributed by atoms with Crippen LogP contribution in [0.15, 0.2) is 24.3 Å². The van der Waals surface area contributed by atoms with Gasteiger partial charge in [0.25, 0.3) is 5.91 Å². The van der Waals surface area contributed by atoms with Crippen molar-refractivity contribution in [2.45, 2.75) is 18.9 Å². The van der Waals surface area contributed by atoms with Crippen LogP contribution >= 0.6 is 0 Å². The summed E-state index contributed by atoms with van der Waals surface area (Å²) in [7, 11) is 1.60. The highest BCUT2D eigenvalue weighted by molar-refractivity contribution is 5.94. The summed E-state index contributed by atoms with van der Waals surface area (Å²) in [5.41, 5.74) is 0.648. The van der Waals surface area contributed by atoms with Gasteiger partial charge < -0.3 is 15.4 Å². The molecule has 17 heavy (non-hydrogen) atoms. The molecule has 2 N–H and O–H groups in total. The van der Waals surface area contributed by atoms with E-state index in [9.17, 15) is 4.79 Å². The molecule has 2 rings (SSSR count). The molecule has 1 atom stereocenters. The SMILES string of the molecule is COc1cccc(C(=O)N[C@@H]2CCCNC2)c1. The Labute approximate surface area is 101 Å². The molecule has 1 aromatic rings. The lowest BCUT2D eigenvalue weighted by atomic mass is 10.1. The van der Waals surface area contributed by atoms with E-state index in [2.05, 4.69) is 10.6 Å². The lowest BCUT2D eigenvalue weighted by Gasteiger charge is -2.23. The van der Waals surface area contributed by atoms with Crippen LogP contribution in [0.25, 0.3) is 0 Å². The number of nitrogens with one attached hydrogen (secondary N) is 2. The third-order valence-electron chi connectivity index (χ3n) is 2.96. The van der Waals surface area contributed by atoms with Crippen molar-refractivity contribution in [3.63, 3.8) is 0 Å². The third-order valence-corrected chi connectivity index (χ3v) is 2.96. The largest absolute Gasteiger partial charge is 0.497 e. The summed E-state index contributed by atoms with van der Waals surface area (Å²) in [5, 5.41) is 6.30. The molecule has 4 nitrogen and oxygen atoms in total. The van der Waals surface area contributed by atoms with Gasteiger partial charge in [0.1, 0.15) is 5.75 Å². The number of carbonyl (C=O) groups is 1. The van der Waals surface area contributed by atoms with Crippen molar-refractivity contribution in [1.82, 2.24) is 10.6 Å². The Morgan fingerprint density at radius 1 is 1.53 bits per heavy atom. The van der Waals surface area contributed by atoms with Crippen molar-refractivity contribution in [3.8, 4) is 5.75 Å². The number of rotatable bonds is 3. The lowest BCUT2D eigenvalue weighted by molar-refractivity contribution is 0.0930. The maximum Gasteiger partial charge on any atom is 0.251 e. The molecule has 1 amide bonds. The quantitative estimate of drug-likeness (QED) is 0.825. The minimum absolute atomic E-state index is 0.0300. The van der Waals surface area contributed by atoms with Gasteiger partial charge in [-0.3, -0.25) is 4.79 Å². The number of benzene rings is 1. The summed E-state index contributed by atoms with van der Waals surface area (Å²) < 4.78 is 5.10. The fraction of sp³-hybridized carbons (Fsp3) is 0.462. The van der Waals surface area contributed by atoms with E-state index in [0.29, 0.717) is 11.3 Å². The van der Waals surface area contributed by atoms with Crippen LogP contribution < -0.4 is 15.4 Å². The van der Waals surface area contributed by atoms with Gasteiger partial charge in [-0.2, -0.15) is 0 Å². The monoisotopic (exact) mass is 234 g/mol. The first-order chi connectivity index (χ1) is 8.29. The highest BCUT2D eigenvalue weighted by Gasteiger charge is 2.16. The van der Waals surface area contributed by atoms with E-state index in [1.54, 1.807) is 19.2 Å². The Morgan fingerprint density at radius 3 is 3.12 bits per heavy atom. The van der Waals surface area contributed by atoms with Crippen LogP contribution in [0, 0.1) is 0 Å². The van der Waals surface area contributed by atoms with Gasteiger partial charge >= 0.3 is 0 Å². The smallest absolute Gasteiger partial charge is 0.251 e. The number of amides is 1. The number of ether oxygens (including phenoxy) is 1. The molecular weight excluding hydrogens is 216 g/mol. The Kier molecular flexibility index (Phi) is 3.98. The number of carbonyl (C=O) groups excluding carboxylic acids is 1. The Hall–Kier alpha value is -1.55. The van der Waals surface area contributed by atoms with Crippen LogP contribution in [0.5, 0.6) is 5.75 Å². The van der Waals surface area contributed by atoms with E-state index in [1.165, 1.54) is 0 Å². The van der Waals surface area contributed by atoms with Crippen molar-refractivity contribution in [2.24, 2.45) is 0 Å². The molecule has 0 saturated carbocycles. The van der Waals surface area contributed by atoms with Crippen LogP contribution in [-0.4, -0.2) is 32.1 Å². The van der Waals surface area contributed by atoms with Gasteiger partial charge in [-0.25, -0.2) is 0 Å². The fourth-order valence-electron chi connectivity index (χ4n) is 2.01. The van der Waals surface area contributed by atoms with Crippen LogP contribution in [0.2, 0.25) is 0 Å². The van der Waals surface area contributed by atoms with Crippen molar-refractivity contribution in [1.29, 1.82) is 0 Å². The molecule has 1 heterocycles. The standard InChI is InChI=1S/C13H18N2O2/c1-17-12-6-2-4-10(8-12)13(16)15-11-5-3-7-14-9-11/h2,4,6,8,11,14H,3,5,7,9H2,1H3,(H,15,16)/t11-/m1/s1. The normalized spacial score (nSPS) is 19.7. The lowest BCUT2D eigenvalue weighted by Crippen LogP contribution is -2.45. The van der Waals surface area contributed by atoms with Gasteiger partial charge in [0.15, 0.2) is 0 Å². The second kappa shape index (κ2) is 5.68. The third kappa shape index (κ3) is 3.20. The molecule has 0 aliphatic carbocycles. The van der Waals surface area contributed by atoms with Crippen LogP contribution in [0.1, 0.15) is 23.2 Å². The molecule has 0 unspecified atom stereocenters. The Bertz CT molecular complexity index is 387. The fourth-order valence-corrected chi connectivity index (χ4v) is 2.01. The summed E-state index contributed by atoms with van der Waals surface area (Å²) in [6, 6.07) is 7.45. The van der Waals surface area contributed by atoms with Crippen molar-refractivity contribution in [2.75, 3.05) is 20.2 Å². The molecule has 1 fully saturated rings. The minimum Gasteiger partial charge on any atom is -0.497 e. The van der Waals surface area contributed by atoms with Gasteiger partial charge in [0.2, 0.25) is 0 Å². The van der Waals surface area contributed by atoms with Crippen molar-refractivity contribution in [3.05, 3.63) is 29.8 Å². The number of hydrogen-bond acceptors (Lipinski definition) is 3. The molecular formula is C13H18N2O2. The predicted octanol–water partition coefficient (Wildman–Crippen LogP) is 1.18. The number of piperidine rings is 1. The van der Waals surface area contributed by atoms with Crippen LogP contribution in [-0.2, 0) is 0 Å². The van der Waals surface area contributed by atoms with Crippen molar-refractivity contribution >= 4 is 5.91 Å². The van der Waals surface area contributed by atoms with Gasteiger partial charge in [-0.05, 0) is 37.6 Å². The topological polar surface area (TPSA) is 50.4 Å². The number of hydrogen-bond donors (Lipinski definition) is 2. The number of methoxy groups -OCH3 is 1.